The number of aromatic hydroxyl groups is 1. The Morgan fingerprint density at radius 3 is 2.49 bits per heavy atom. The predicted molar refractivity (Wildman–Crippen MR) is 135 cm³/mol. The van der Waals surface area contributed by atoms with Crippen LogP contribution in [0.2, 0.25) is 5.02 Å². The first-order chi connectivity index (χ1) is 18.3. The highest BCUT2D eigenvalue weighted by Crippen LogP contribution is 2.42. The third-order valence-electron chi connectivity index (χ3n) is 6.45. The van der Waals surface area contributed by atoms with Crippen molar-refractivity contribution in [1.82, 2.24) is 10.2 Å². The molecule has 2 heterocycles. The number of carbonyl (C=O) groups excluding carboxylic acids is 1. The molecule has 4 N–H and O–H groups in total. The van der Waals surface area contributed by atoms with Gasteiger partial charge < -0.3 is 35.0 Å². The topological polar surface area (TPSA) is 129 Å². The van der Waals surface area contributed by atoms with Crippen LogP contribution in [0.25, 0.3) is 0 Å². The van der Waals surface area contributed by atoms with Gasteiger partial charge in [-0.3, -0.25) is 4.79 Å². The summed E-state index contributed by atoms with van der Waals surface area (Å²) in [6.45, 7) is 2.21. The number of amides is 1. The number of alkyl halides is 3. The standard InChI is InChI=1S/C24H29ClN2O5.C2HF3O2/c1-26-23(30)11-16-2-4-19(28)12-22(16)31-15-20(29)14-27-8-6-24(7-9-27)13-17-10-18(25)3-5-21(17)32-24;3-2(4,5)1(6)7/h2-5,10,12,20,28-29H,6-9,11,13-15H2,1H3,(H,26,30);(H,6,7)/t20-;/m0./s1. The highest BCUT2D eigenvalue weighted by atomic mass is 35.5. The molecule has 2 aromatic carbocycles. The van der Waals surface area contributed by atoms with Crippen LogP contribution in [-0.2, 0) is 22.4 Å². The van der Waals surface area contributed by atoms with Crippen molar-refractivity contribution in [1.29, 1.82) is 0 Å². The van der Waals surface area contributed by atoms with E-state index in [2.05, 4.69) is 10.2 Å². The lowest BCUT2D eigenvalue weighted by molar-refractivity contribution is -0.192. The zero-order valence-corrected chi connectivity index (χ0v) is 21.9. The Kier molecular flexibility index (Phi) is 9.92. The number of phenolic OH excluding ortho intramolecular Hbond substituents is 1. The van der Waals surface area contributed by atoms with Gasteiger partial charge in [-0.05, 0) is 29.8 Å². The number of likely N-dealkylation sites (N-methyl/N-ethyl adjacent to an activating group) is 1. The van der Waals surface area contributed by atoms with E-state index in [0.717, 1.165) is 48.7 Å². The van der Waals surface area contributed by atoms with E-state index in [1.807, 2.05) is 18.2 Å². The molecular weight excluding hydrogens is 545 g/mol. The summed E-state index contributed by atoms with van der Waals surface area (Å²) in [4.78, 5) is 22.8. The summed E-state index contributed by atoms with van der Waals surface area (Å²) in [6, 6.07) is 10.4. The molecule has 1 spiro atoms. The Morgan fingerprint density at radius 2 is 1.87 bits per heavy atom. The van der Waals surface area contributed by atoms with Crippen molar-refractivity contribution in [3.63, 3.8) is 0 Å². The van der Waals surface area contributed by atoms with Gasteiger partial charge in [0.25, 0.3) is 0 Å². The molecule has 1 fully saturated rings. The van der Waals surface area contributed by atoms with Crippen molar-refractivity contribution in [3.05, 3.63) is 52.5 Å². The van der Waals surface area contributed by atoms with E-state index < -0.39 is 18.2 Å². The van der Waals surface area contributed by atoms with Crippen molar-refractivity contribution < 1.29 is 47.6 Å². The first-order valence-electron chi connectivity index (χ1n) is 12.1. The number of hydrogen-bond donors (Lipinski definition) is 4. The summed E-state index contributed by atoms with van der Waals surface area (Å²) in [5, 5.41) is 30.7. The molecule has 4 rings (SSSR count). The Bertz CT molecular complexity index is 1170. The van der Waals surface area contributed by atoms with Gasteiger partial charge in [-0.25, -0.2) is 4.79 Å². The fraction of sp³-hybridized carbons (Fsp3) is 0.462. The number of aliphatic hydroxyl groups excluding tert-OH is 1. The zero-order valence-electron chi connectivity index (χ0n) is 21.1. The van der Waals surface area contributed by atoms with Crippen molar-refractivity contribution in [2.24, 2.45) is 0 Å². The maximum absolute atomic E-state index is 11.7. The Hall–Kier alpha value is -3.22. The number of carboxylic acids is 1. The second kappa shape index (κ2) is 12.8. The summed E-state index contributed by atoms with van der Waals surface area (Å²) < 4.78 is 43.8. The molecule has 0 radical (unpaired) electrons. The second-order valence-electron chi connectivity index (χ2n) is 9.42. The molecule has 0 unspecified atom stereocenters. The number of rotatable bonds is 7. The molecule has 13 heteroatoms. The van der Waals surface area contributed by atoms with Crippen LogP contribution in [-0.4, -0.2) is 83.3 Å². The average Bonchev–Trinajstić information content (AvgIpc) is 3.22. The lowest BCUT2D eigenvalue weighted by atomic mass is 9.87. The number of halogens is 4. The maximum atomic E-state index is 11.7. The number of hydrogen-bond acceptors (Lipinski definition) is 7. The van der Waals surface area contributed by atoms with E-state index in [9.17, 15) is 28.2 Å². The van der Waals surface area contributed by atoms with Crippen LogP contribution >= 0.6 is 11.6 Å². The molecule has 1 amide bonds. The summed E-state index contributed by atoms with van der Waals surface area (Å²) in [7, 11) is 1.57. The van der Waals surface area contributed by atoms with E-state index in [1.165, 1.54) is 12.1 Å². The highest BCUT2D eigenvalue weighted by Gasteiger charge is 2.42. The van der Waals surface area contributed by atoms with E-state index in [4.69, 9.17) is 31.0 Å². The highest BCUT2D eigenvalue weighted by molar-refractivity contribution is 6.30. The minimum atomic E-state index is -5.08. The van der Waals surface area contributed by atoms with Gasteiger partial charge in [-0.2, -0.15) is 13.2 Å². The Balaban J connectivity index is 0.000000532. The number of aliphatic carboxylic acids is 1. The van der Waals surface area contributed by atoms with Gasteiger partial charge in [0.2, 0.25) is 5.91 Å². The van der Waals surface area contributed by atoms with Crippen molar-refractivity contribution >= 4 is 23.5 Å². The third kappa shape index (κ3) is 8.64. The van der Waals surface area contributed by atoms with E-state index >= 15 is 0 Å². The summed E-state index contributed by atoms with van der Waals surface area (Å²) in [5.41, 5.74) is 1.65. The molecule has 0 bridgehead atoms. The maximum Gasteiger partial charge on any atom is 0.490 e. The fourth-order valence-electron chi connectivity index (χ4n) is 4.45. The van der Waals surface area contributed by atoms with Crippen LogP contribution in [0.4, 0.5) is 13.2 Å². The number of fused-ring (bicyclic) bond motifs is 1. The van der Waals surface area contributed by atoms with Gasteiger partial charge in [0, 0.05) is 62.6 Å². The zero-order chi connectivity index (χ0) is 28.8. The minimum absolute atomic E-state index is 0.0512. The SMILES string of the molecule is CNC(=O)Cc1ccc(O)cc1OC[C@@H](O)CN1CCC2(CC1)Cc1cc(Cl)ccc1O2.O=C(O)C(F)(F)F. The van der Waals surface area contributed by atoms with E-state index in [-0.39, 0.29) is 30.3 Å². The molecule has 2 aromatic rings. The number of carbonyl (C=O) groups is 2. The number of ether oxygens (including phenoxy) is 2. The van der Waals surface area contributed by atoms with Crippen LogP contribution in [0.3, 0.4) is 0 Å². The van der Waals surface area contributed by atoms with E-state index in [1.54, 1.807) is 13.1 Å². The van der Waals surface area contributed by atoms with Gasteiger partial charge in [0.1, 0.15) is 35.6 Å². The molecule has 2 aliphatic rings. The fourth-order valence-corrected chi connectivity index (χ4v) is 4.64. The van der Waals surface area contributed by atoms with E-state index in [0.29, 0.717) is 17.9 Å². The third-order valence-corrected chi connectivity index (χ3v) is 6.69. The molecule has 0 aliphatic carbocycles. The normalized spacial score (nSPS) is 16.9. The van der Waals surface area contributed by atoms with Crippen molar-refractivity contribution in [2.75, 3.05) is 33.3 Å². The molecule has 214 valence electrons. The molecule has 1 saturated heterocycles. The minimum Gasteiger partial charge on any atom is -0.508 e. The number of nitrogens with zero attached hydrogens (tertiary/aromatic N) is 1. The van der Waals surface area contributed by atoms with Crippen LogP contribution in [0, 0.1) is 0 Å². The first-order valence-corrected chi connectivity index (χ1v) is 12.5. The number of nitrogens with one attached hydrogen (secondary N) is 1. The molecule has 1 atom stereocenters. The van der Waals surface area contributed by atoms with Gasteiger partial charge in [0.15, 0.2) is 0 Å². The number of β-amino-alcohol motifs (C(OH)–C–C–N with tert-alkyl or cyclic N) is 1. The van der Waals surface area contributed by atoms with Gasteiger partial charge >= 0.3 is 12.1 Å². The average molecular weight is 575 g/mol. The van der Waals surface area contributed by atoms with Crippen LogP contribution < -0.4 is 14.8 Å². The van der Waals surface area contributed by atoms with Crippen molar-refractivity contribution in [3.8, 4) is 17.2 Å². The van der Waals surface area contributed by atoms with Crippen LogP contribution in [0.5, 0.6) is 17.2 Å². The summed E-state index contributed by atoms with van der Waals surface area (Å²) in [6.07, 6.45) is -3.00. The molecule has 9 nitrogen and oxygen atoms in total. The molecule has 0 saturated carbocycles. The molecule has 0 aromatic heterocycles. The lowest BCUT2D eigenvalue weighted by Crippen LogP contribution is -2.49. The smallest absolute Gasteiger partial charge is 0.490 e. The number of benzene rings is 2. The second-order valence-corrected chi connectivity index (χ2v) is 9.86. The van der Waals surface area contributed by atoms with Crippen LogP contribution in [0.15, 0.2) is 36.4 Å². The van der Waals surface area contributed by atoms with Gasteiger partial charge in [0.05, 0.1) is 6.42 Å². The molecule has 39 heavy (non-hydrogen) atoms. The number of likely N-dealkylation sites (tertiary alicyclic amines) is 1. The predicted octanol–water partition coefficient (Wildman–Crippen LogP) is 3.18. The Morgan fingerprint density at radius 1 is 1.21 bits per heavy atom. The number of piperidine rings is 1. The van der Waals surface area contributed by atoms with Crippen molar-refractivity contribution in [2.45, 2.75) is 43.6 Å². The quantitative estimate of drug-likeness (QED) is 0.397. The lowest BCUT2D eigenvalue weighted by Gasteiger charge is -2.39. The van der Waals surface area contributed by atoms with Crippen LogP contribution in [0.1, 0.15) is 24.0 Å². The first kappa shape index (κ1) is 30.3. The summed E-state index contributed by atoms with van der Waals surface area (Å²) in [5.74, 6) is -1.53. The number of carboxylic acid groups (broad SMARTS) is 1. The van der Waals surface area contributed by atoms with Gasteiger partial charge in [-0.15, -0.1) is 0 Å². The largest absolute Gasteiger partial charge is 0.508 e. The molecular formula is C26H30ClF3N2O7. The van der Waals surface area contributed by atoms with Gasteiger partial charge in [-0.1, -0.05) is 17.7 Å². The summed E-state index contributed by atoms with van der Waals surface area (Å²) >= 11 is 6.12. The Labute approximate surface area is 228 Å². The number of aliphatic hydroxyl groups is 1. The molecule has 2 aliphatic heterocycles. The monoisotopic (exact) mass is 574 g/mol. The number of phenols is 1.